The highest BCUT2D eigenvalue weighted by Gasteiger charge is 2.21. The fourth-order valence-electron chi connectivity index (χ4n) is 3.77. The van der Waals surface area contributed by atoms with Gasteiger partial charge in [-0.3, -0.25) is 14.0 Å². The average molecular weight is 471 g/mol. The van der Waals surface area contributed by atoms with E-state index in [0.717, 1.165) is 32.5 Å². The monoisotopic (exact) mass is 470 g/mol. The first kappa shape index (κ1) is 19.5. The molecular formula is C25H19BrN4O. The van der Waals surface area contributed by atoms with Gasteiger partial charge in [0.15, 0.2) is 5.52 Å². The molecule has 5 nitrogen and oxygen atoms in total. The summed E-state index contributed by atoms with van der Waals surface area (Å²) < 4.78 is 4.32. The van der Waals surface area contributed by atoms with Gasteiger partial charge in [-0.15, -0.1) is 0 Å². The van der Waals surface area contributed by atoms with Gasteiger partial charge >= 0.3 is 0 Å². The van der Waals surface area contributed by atoms with Crippen molar-refractivity contribution in [1.29, 1.82) is 0 Å². The summed E-state index contributed by atoms with van der Waals surface area (Å²) >= 11 is 3.47. The topological polar surface area (TPSA) is 52.7 Å². The molecule has 0 radical (unpaired) electrons. The zero-order valence-electron chi connectivity index (χ0n) is 17.1. The van der Waals surface area contributed by atoms with Crippen molar-refractivity contribution in [3.8, 4) is 28.3 Å². The third-order valence-corrected chi connectivity index (χ3v) is 5.83. The van der Waals surface area contributed by atoms with Crippen molar-refractivity contribution in [1.82, 2.24) is 19.3 Å². The second kappa shape index (κ2) is 7.63. The van der Waals surface area contributed by atoms with Crippen molar-refractivity contribution in [3.05, 3.63) is 99.3 Å². The lowest BCUT2D eigenvalue weighted by Crippen LogP contribution is -2.22. The van der Waals surface area contributed by atoms with Crippen molar-refractivity contribution in [2.24, 2.45) is 7.05 Å². The number of rotatable bonds is 3. The van der Waals surface area contributed by atoms with Crippen LogP contribution in [0.1, 0.15) is 5.56 Å². The molecule has 0 saturated heterocycles. The fourth-order valence-corrected chi connectivity index (χ4v) is 4.03. The Morgan fingerprint density at radius 2 is 1.48 bits per heavy atom. The average Bonchev–Trinajstić information content (AvgIpc) is 3.12. The Hall–Kier alpha value is -3.51. The molecule has 0 aliphatic rings. The molecule has 0 spiro atoms. The van der Waals surface area contributed by atoms with Crippen LogP contribution in [0.4, 0.5) is 0 Å². The maximum atomic E-state index is 13.7. The molecule has 3 aromatic carbocycles. The first-order valence-electron chi connectivity index (χ1n) is 9.91. The predicted molar refractivity (Wildman–Crippen MR) is 127 cm³/mol. The van der Waals surface area contributed by atoms with Gasteiger partial charge < -0.3 is 0 Å². The van der Waals surface area contributed by atoms with Crippen molar-refractivity contribution < 1.29 is 0 Å². The molecule has 0 amide bonds. The predicted octanol–water partition coefficient (Wildman–Crippen LogP) is 5.52. The summed E-state index contributed by atoms with van der Waals surface area (Å²) in [6.07, 6.45) is 0. The van der Waals surface area contributed by atoms with E-state index in [1.165, 1.54) is 0 Å². The minimum atomic E-state index is -0.194. The Kier molecular flexibility index (Phi) is 4.79. The summed E-state index contributed by atoms with van der Waals surface area (Å²) in [5.41, 5.74) is 5.30. The van der Waals surface area contributed by atoms with Gasteiger partial charge in [0.1, 0.15) is 11.3 Å². The molecule has 6 heteroatoms. The van der Waals surface area contributed by atoms with E-state index in [4.69, 9.17) is 4.98 Å². The molecule has 0 atom stereocenters. The molecule has 2 aromatic heterocycles. The van der Waals surface area contributed by atoms with Crippen LogP contribution in [0.25, 0.3) is 39.4 Å². The normalized spacial score (nSPS) is 11.2. The largest absolute Gasteiger partial charge is 0.286 e. The number of benzene rings is 3. The van der Waals surface area contributed by atoms with Crippen LogP contribution in [0.2, 0.25) is 0 Å². The minimum absolute atomic E-state index is 0.194. The lowest BCUT2D eigenvalue weighted by molar-refractivity contribution is 0.785. The number of halogens is 1. The fraction of sp³-hybridized carbons (Fsp3) is 0.0800. The van der Waals surface area contributed by atoms with Gasteiger partial charge in [-0.05, 0) is 31.2 Å². The zero-order chi connectivity index (χ0) is 21.5. The van der Waals surface area contributed by atoms with E-state index < -0.39 is 0 Å². The molecule has 5 rings (SSSR count). The van der Waals surface area contributed by atoms with Crippen LogP contribution in [0.3, 0.4) is 0 Å². The molecule has 152 valence electrons. The molecule has 0 N–H and O–H groups in total. The van der Waals surface area contributed by atoms with E-state index in [2.05, 4.69) is 21.0 Å². The van der Waals surface area contributed by atoms with E-state index in [9.17, 15) is 4.79 Å². The smallest absolute Gasteiger partial charge is 0.266 e. The quantitative estimate of drug-likeness (QED) is 0.348. The number of aryl methyl sites for hydroxylation is 2. The van der Waals surface area contributed by atoms with Crippen LogP contribution in [-0.4, -0.2) is 19.3 Å². The molecule has 0 aliphatic carbocycles. The van der Waals surface area contributed by atoms with Crippen LogP contribution in [0, 0.1) is 6.92 Å². The standard InChI is InChI=1S/C25H19BrN4O/c1-16-8-10-18(11-9-16)24-27-21-22(25(31)30(24)20-14-12-19(26)13-15-20)28-29(2)23(21)17-6-4-3-5-7-17/h3-15H,1-2H3. The van der Waals surface area contributed by atoms with Gasteiger partial charge in [0.05, 0.1) is 11.4 Å². The van der Waals surface area contributed by atoms with Crippen LogP contribution in [0.15, 0.2) is 88.1 Å². The first-order chi connectivity index (χ1) is 15.0. The number of aromatic nitrogens is 4. The maximum absolute atomic E-state index is 13.7. The number of fused-ring (bicyclic) bond motifs is 1. The molecular weight excluding hydrogens is 452 g/mol. The Labute approximate surface area is 187 Å². The van der Waals surface area contributed by atoms with Crippen LogP contribution in [0.5, 0.6) is 0 Å². The minimum Gasteiger partial charge on any atom is -0.266 e. The molecule has 0 saturated carbocycles. The third kappa shape index (κ3) is 3.39. The van der Waals surface area contributed by atoms with Gasteiger partial charge in [0.2, 0.25) is 0 Å². The third-order valence-electron chi connectivity index (χ3n) is 5.30. The molecule has 5 aromatic rings. The molecule has 0 aliphatic heterocycles. The van der Waals surface area contributed by atoms with Crippen LogP contribution >= 0.6 is 15.9 Å². The highest BCUT2D eigenvalue weighted by atomic mass is 79.9. The Morgan fingerprint density at radius 1 is 0.806 bits per heavy atom. The number of hydrogen-bond acceptors (Lipinski definition) is 3. The van der Waals surface area contributed by atoms with E-state index in [-0.39, 0.29) is 5.56 Å². The number of hydrogen-bond donors (Lipinski definition) is 0. The first-order valence-corrected chi connectivity index (χ1v) is 10.7. The molecule has 0 unspecified atom stereocenters. The SMILES string of the molecule is Cc1ccc(-c2nc3c(-c4ccccc4)n(C)nc3c(=O)n2-c2ccc(Br)cc2)cc1. The van der Waals surface area contributed by atoms with E-state index in [1.807, 2.05) is 92.8 Å². The lowest BCUT2D eigenvalue weighted by atomic mass is 10.1. The zero-order valence-corrected chi connectivity index (χ0v) is 18.7. The molecule has 2 heterocycles. The van der Waals surface area contributed by atoms with Gasteiger partial charge in [-0.1, -0.05) is 76.1 Å². The summed E-state index contributed by atoms with van der Waals surface area (Å²) in [6.45, 7) is 2.04. The van der Waals surface area contributed by atoms with Crippen LogP contribution in [-0.2, 0) is 7.05 Å². The van der Waals surface area contributed by atoms with Crippen molar-refractivity contribution >= 4 is 27.0 Å². The van der Waals surface area contributed by atoms with Crippen molar-refractivity contribution in [2.75, 3.05) is 0 Å². The van der Waals surface area contributed by atoms with Gasteiger partial charge in [-0.2, -0.15) is 5.10 Å². The van der Waals surface area contributed by atoms with Crippen LogP contribution < -0.4 is 5.56 Å². The van der Waals surface area contributed by atoms with Crippen molar-refractivity contribution in [2.45, 2.75) is 6.92 Å². The van der Waals surface area contributed by atoms with E-state index in [1.54, 1.807) is 9.25 Å². The van der Waals surface area contributed by atoms with E-state index in [0.29, 0.717) is 16.9 Å². The molecule has 31 heavy (non-hydrogen) atoms. The second-order valence-electron chi connectivity index (χ2n) is 7.45. The highest BCUT2D eigenvalue weighted by molar-refractivity contribution is 9.10. The molecule has 0 bridgehead atoms. The summed E-state index contributed by atoms with van der Waals surface area (Å²) in [5.74, 6) is 0.588. The maximum Gasteiger partial charge on any atom is 0.286 e. The summed E-state index contributed by atoms with van der Waals surface area (Å²) in [4.78, 5) is 18.7. The summed E-state index contributed by atoms with van der Waals surface area (Å²) in [5, 5.41) is 4.55. The second-order valence-corrected chi connectivity index (χ2v) is 8.37. The Bertz CT molecular complexity index is 1450. The van der Waals surface area contributed by atoms with Gasteiger partial charge in [-0.25, -0.2) is 4.98 Å². The summed E-state index contributed by atoms with van der Waals surface area (Å²) in [7, 11) is 1.85. The highest BCUT2D eigenvalue weighted by Crippen LogP contribution is 2.29. The Balaban J connectivity index is 1.88. The van der Waals surface area contributed by atoms with Gasteiger partial charge in [0.25, 0.3) is 5.56 Å². The Morgan fingerprint density at radius 3 is 2.16 bits per heavy atom. The summed E-state index contributed by atoms with van der Waals surface area (Å²) in [6, 6.07) is 25.6. The molecule has 0 fully saturated rings. The van der Waals surface area contributed by atoms with Crippen molar-refractivity contribution in [3.63, 3.8) is 0 Å². The lowest BCUT2D eigenvalue weighted by Gasteiger charge is -2.13. The number of nitrogens with zero attached hydrogens (tertiary/aromatic N) is 4. The van der Waals surface area contributed by atoms with E-state index >= 15 is 0 Å². The van der Waals surface area contributed by atoms with Gasteiger partial charge in [0, 0.05) is 22.6 Å².